The smallest absolute Gasteiger partial charge is 0.254 e. The van der Waals surface area contributed by atoms with E-state index in [2.05, 4.69) is 15.5 Å². The molecule has 1 aliphatic heterocycles. The SMILES string of the molecule is CN(C)Cc1cc(NC(=O)C2CCCO2)n[nH]1. The summed E-state index contributed by atoms with van der Waals surface area (Å²) in [7, 11) is 3.96. The lowest BCUT2D eigenvalue weighted by atomic mass is 10.2. The quantitative estimate of drug-likeness (QED) is 0.805. The Labute approximate surface area is 100 Å². The van der Waals surface area contributed by atoms with Crippen molar-refractivity contribution < 1.29 is 9.53 Å². The van der Waals surface area contributed by atoms with Crippen LogP contribution in [0.4, 0.5) is 5.82 Å². The normalized spacial score (nSPS) is 19.8. The number of rotatable bonds is 4. The average Bonchev–Trinajstić information content (AvgIpc) is 2.87. The Morgan fingerprint density at radius 2 is 2.53 bits per heavy atom. The molecular weight excluding hydrogens is 220 g/mol. The standard InChI is InChI=1S/C11H18N4O2/c1-15(2)7-8-6-10(14-13-8)12-11(16)9-4-3-5-17-9/h6,9H,3-5,7H2,1-2H3,(H2,12,13,14,16). The number of ether oxygens (including phenoxy) is 1. The van der Waals surface area contributed by atoms with Gasteiger partial charge in [-0.2, -0.15) is 5.10 Å². The van der Waals surface area contributed by atoms with Gasteiger partial charge in [-0.25, -0.2) is 0 Å². The maximum Gasteiger partial charge on any atom is 0.254 e. The van der Waals surface area contributed by atoms with Crippen LogP contribution in [0.3, 0.4) is 0 Å². The predicted octanol–water partition coefficient (Wildman–Crippen LogP) is 0.589. The van der Waals surface area contributed by atoms with Crippen molar-refractivity contribution >= 4 is 11.7 Å². The number of hydrogen-bond acceptors (Lipinski definition) is 4. The van der Waals surface area contributed by atoms with E-state index in [-0.39, 0.29) is 12.0 Å². The monoisotopic (exact) mass is 238 g/mol. The van der Waals surface area contributed by atoms with Crippen molar-refractivity contribution in [1.29, 1.82) is 0 Å². The molecule has 1 aromatic rings. The molecule has 94 valence electrons. The Balaban J connectivity index is 1.89. The second-order valence-corrected chi connectivity index (χ2v) is 4.51. The first kappa shape index (κ1) is 12.1. The maximum atomic E-state index is 11.7. The summed E-state index contributed by atoms with van der Waals surface area (Å²) in [5, 5.41) is 9.68. The average molecular weight is 238 g/mol. The number of aromatic nitrogens is 2. The highest BCUT2D eigenvalue weighted by molar-refractivity contribution is 5.93. The molecule has 17 heavy (non-hydrogen) atoms. The minimum atomic E-state index is -0.316. The molecule has 2 N–H and O–H groups in total. The number of carbonyl (C=O) groups excluding carboxylic acids is 1. The van der Waals surface area contributed by atoms with Gasteiger partial charge in [0.25, 0.3) is 5.91 Å². The third-order valence-corrected chi connectivity index (χ3v) is 2.59. The van der Waals surface area contributed by atoms with E-state index in [1.807, 2.05) is 25.1 Å². The number of aromatic amines is 1. The summed E-state index contributed by atoms with van der Waals surface area (Å²) in [5.41, 5.74) is 0.970. The number of anilines is 1. The van der Waals surface area contributed by atoms with Gasteiger partial charge in [-0.1, -0.05) is 0 Å². The third-order valence-electron chi connectivity index (χ3n) is 2.59. The van der Waals surface area contributed by atoms with Gasteiger partial charge in [0.05, 0.1) is 5.69 Å². The predicted molar refractivity (Wildman–Crippen MR) is 63.6 cm³/mol. The number of amides is 1. The molecule has 6 nitrogen and oxygen atoms in total. The van der Waals surface area contributed by atoms with Crippen LogP contribution in [0, 0.1) is 0 Å². The van der Waals surface area contributed by atoms with Crippen molar-refractivity contribution in [2.75, 3.05) is 26.0 Å². The second kappa shape index (κ2) is 5.29. The zero-order valence-electron chi connectivity index (χ0n) is 10.2. The fourth-order valence-corrected chi connectivity index (χ4v) is 1.84. The lowest BCUT2D eigenvalue weighted by molar-refractivity contribution is -0.124. The van der Waals surface area contributed by atoms with E-state index in [0.717, 1.165) is 25.1 Å². The summed E-state index contributed by atoms with van der Waals surface area (Å²) in [6.07, 6.45) is 1.43. The third kappa shape index (κ3) is 3.28. The molecule has 0 aromatic carbocycles. The summed E-state index contributed by atoms with van der Waals surface area (Å²) >= 11 is 0. The van der Waals surface area contributed by atoms with Gasteiger partial charge >= 0.3 is 0 Å². The maximum absolute atomic E-state index is 11.7. The summed E-state index contributed by atoms with van der Waals surface area (Å²) in [6.45, 7) is 1.44. The van der Waals surface area contributed by atoms with Crippen molar-refractivity contribution in [3.05, 3.63) is 11.8 Å². The van der Waals surface area contributed by atoms with Gasteiger partial charge < -0.3 is 15.0 Å². The molecule has 1 saturated heterocycles. The first-order chi connectivity index (χ1) is 8.15. The number of hydrogen-bond donors (Lipinski definition) is 2. The van der Waals surface area contributed by atoms with Crippen LogP contribution in [0.1, 0.15) is 18.5 Å². The Bertz CT molecular complexity index is 383. The van der Waals surface area contributed by atoms with Crippen LogP contribution in [0.15, 0.2) is 6.07 Å². The van der Waals surface area contributed by atoms with Crippen LogP contribution in [-0.2, 0) is 16.1 Å². The van der Waals surface area contributed by atoms with Crippen molar-refractivity contribution in [2.24, 2.45) is 0 Å². The molecule has 0 radical (unpaired) electrons. The van der Waals surface area contributed by atoms with Crippen molar-refractivity contribution in [1.82, 2.24) is 15.1 Å². The largest absolute Gasteiger partial charge is 0.368 e. The van der Waals surface area contributed by atoms with E-state index >= 15 is 0 Å². The first-order valence-corrected chi connectivity index (χ1v) is 5.76. The highest BCUT2D eigenvalue weighted by Crippen LogP contribution is 2.14. The Kier molecular flexibility index (Phi) is 3.75. The van der Waals surface area contributed by atoms with Gasteiger partial charge in [-0.15, -0.1) is 0 Å². The van der Waals surface area contributed by atoms with Crippen molar-refractivity contribution in [3.63, 3.8) is 0 Å². The fraction of sp³-hybridized carbons (Fsp3) is 0.636. The van der Waals surface area contributed by atoms with Crippen LogP contribution in [0.5, 0.6) is 0 Å². The number of carbonyl (C=O) groups is 1. The van der Waals surface area contributed by atoms with Gasteiger partial charge in [0.1, 0.15) is 6.10 Å². The Morgan fingerprint density at radius 1 is 1.71 bits per heavy atom. The van der Waals surface area contributed by atoms with E-state index in [1.165, 1.54) is 0 Å². The van der Waals surface area contributed by atoms with Gasteiger partial charge in [0.15, 0.2) is 5.82 Å². The number of nitrogens with zero attached hydrogens (tertiary/aromatic N) is 2. The molecule has 2 rings (SSSR count). The molecular formula is C11H18N4O2. The minimum Gasteiger partial charge on any atom is -0.368 e. The first-order valence-electron chi connectivity index (χ1n) is 5.76. The van der Waals surface area contributed by atoms with Crippen LogP contribution >= 0.6 is 0 Å². The highest BCUT2D eigenvalue weighted by Gasteiger charge is 2.24. The van der Waals surface area contributed by atoms with E-state index < -0.39 is 0 Å². The van der Waals surface area contributed by atoms with E-state index in [4.69, 9.17) is 4.74 Å². The molecule has 1 aromatic heterocycles. The summed E-state index contributed by atoms with van der Waals surface area (Å²) < 4.78 is 5.30. The van der Waals surface area contributed by atoms with Gasteiger partial charge in [0, 0.05) is 19.2 Å². The molecule has 1 unspecified atom stereocenters. The van der Waals surface area contributed by atoms with Crippen molar-refractivity contribution in [2.45, 2.75) is 25.5 Å². The molecule has 6 heteroatoms. The number of H-pyrrole nitrogens is 1. The lowest BCUT2D eigenvalue weighted by Gasteiger charge is -2.07. The molecule has 1 atom stereocenters. The number of nitrogens with one attached hydrogen (secondary N) is 2. The molecule has 2 heterocycles. The van der Waals surface area contributed by atoms with E-state index in [9.17, 15) is 4.79 Å². The molecule has 0 spiro atoms. The Morgan fingerprint density at radius 3 is 3.18 bits per heavy atom. The highest BCUT2D eigenvalue weighted by atomic mass is 16.5. The molecule has 1 aliphatic rings. The fourth-order valence-electron chi connectivity index (χ4n) is 1.84. The van der Waals surface area contributed by atoms with Crippen LogP contribution in [0.25, 0.3) is 0 Å². The van der Waals surface area contributed by atoms with Crippen molar-refractivity contribution in [3.8, 4) is 0 Å². The van der Waals surface area contributed by atoms with Gasteiger partial charge in [-0.3, -0.25) is 9.89 Å². The molecule has 1 amide bonds. The van der Waals surface area contributed by atoms with E-state index in [1.54, 1.807) is 0 Å². The summed E-state index contributed by atoms with van der Waals surface area (Å²) in [5.74, 6) is 0.452. The zero-order valence-corrected chi connectivity index (χ0v) is 10.2. The molecule has 0 bridgehead atoms. The minimum absolute atomic E-state index is 0.106. The lowest BCUT2D eigenvalue weighted by Crippen LogP contribution is -2.26. The molecule has 0 saturated carbocycles. The van der Waals surface area contributed by atoms with E-state index in [0.29, 0.717) is 12.4 Å². The van der Waals surface area contributed by atoms with Crippen LogP contribution < -0.4 is 5.32 Å². The Hall–Kier alpha value is -1.40. The summed E-state index contributed by atoms with van der Waals surface area (Å²) in [4.78, 5) is 13.8. The van der Waals surface area contributed by atoms with Crippen LogP contribution in [-0.4, -0.2) is 47.8 Å². The molecule has 0 aliphatic carbocycles. The van der Waals surface area contributed by atoms with Crippen LogP contribution in [0.2, 0.25) is 0 Å². The second-order valence-electron chi connectivity index (χ2n) is 4.51. The molecule has 1 fully saturated rings. The topological polar surface area (TPSA) is 70.2 Å². The summed E-state index contributed by atoms with van der Waals surface area (Å²) in [6, 6.07) is 1.84. The van der Waals surface area contributed by atoms with Gasteiger partial charge in [-0.05, 0) is 26.9 Å². The van der Waals surface area contributed by atoms with Gasteiger partial charge in [0.2, 0.25) is 0 Å². The zero-order chi connectivity index (χ0) is 12.3.